The molecule has 0 radical (unpaired) electrons. The molecule has 3 rings (SSSR count). The van der Waals surface area contributed by atoms with Crippen LogP contribution in [0, 0.1) is 6.92 Å². The first-order valence-electron chi connectivity index (χ1n) is 6.57. The van der Waals surface area contributed by atoms with E-state index in [2.05, 4.69) is 10.6 Å². The van der Waals surface area contributed by atoms with Gasteiger partial charge in [-0.25, -0.2) is 0 Å². The molecule has 0 saturated heterocycles. The van der Waals surface area contributed by atoms with Crippen molar-refractivity contribution in [3.63, 3.8) is 0 Å². The molecular formula is C15H15N3O3. The SMILES string of the molecule is Cc1cc(C(N)c2ccc3c(c2)NC(=O)CC(=O)N3)co1. The van der Waals surface area contributed by atoms with Crippen molar-refractivity contribution in [1.29, 1.82) is 0 Å². The first kappa shape index (κ1) is 13.4. The minimum absolute atomic E-state index is 0.184. The molecule has 2 amide bonds. The number of amides is 2. The van der Waals surface area contributed by atoms with Crippen LogP contribution < -0.4 is 16.4 Å². The van der Waals surface area contributed by atoms with Crippen LogP contribution in [0.15, 0.2) is 34.9 Å². The van der Waals surface area contributed by atoms with Crippen molar-refractivity contribution in [2.75, 3.05) is 10.6 Å². The minimum atomic E-state index is -0.358. The largest absolute Gasteiger partial charge is 0.469 e. The number of furan rings is 1. The fraction of sp³-hybridized carbons (Fsp3) is 0.200. The number of hydrogen-bond acceptors (Lipinski definition) is 4. The zero-order valence-corrected chi connectivity index (χ0v) is 11.5. The molecule has 4 N–H and O–H groups in total. The van der Waals surface area contributed by atoms with Crippen LogP contribution in [0.1, 0.15) is 29.3 Å². The van der Waals surface area contributed by atoms with E-state index in [1.807, 2.05) is 19.1 Å². The van der Waals surface area contributed by atoms with Crippen LogP contribution in [-0.4, -0.2) is 11.8 Å². The normalized spacial score (nSPS) is 15.7. The van der Waals surface area contributed by atoms with Gasteiger partial charge in [-0.2, -0.15) is 0 Å². The predicted molar refractivity (Wildman–Crippen MR) is 77.8 cm³/mol. The summed E-state index contributed by atoms with van der Waals surface area (Å²) >= 11 is 0. The summed E-state index contributed by atoms with van der Waals surface area (Å²) in [6.45, 7) is 1.85. The number of nitrogens with one attached hydrogen (secondary N) is 2. The Morgan fingerprint density at radius 2 is 1.81 bits per heavy atom. The van der Waals surface area contributed by atoms with E-state index in [9.17, 15) is 9.59 Å². The summed E-state index contributed by atoms with van der Waals surface area (Å²) in [6.07, 6.45) is 1.43. The van der Waals surface area contributed by atoms with E-state index in [0.717, 1.165) is 16.9 Å². The van der Waals surface area contributed by atoms with Crippen LogP contribution in [0.3, 0.4) is 0 Å². The molecule has 108 valence electrons. The molecule has 0 fully saturated rings. The highest BCUT2D eigenvalue weighted by atomic mass is 16.3. The number of aryl methyl sites for hydroxylation is 1. The van der Waals surface area contributed by atoms with Gasteiger partial charge in [-0.05, 0) is 30.7 Å². The first-order valence-corrected chi connectivity index (χ1v) is 6.57. The minimum Gasteiger partial charge on any atom is -0.469 e. The monoisotopic (exact) mass is 285 g/mol. The van der Waals surface area contributed by atoms with Crippen LogP contribution in [0.4, 0.5) is 11.4 Å². The maximum atomic E-state index is 11.6. The standard InChI is InChI=1S/C15H15N3O3/c1-8-4-10(7-21-8)15(16)9-2-3-11-12(5-9)18-14(20)6-13(19)17-11/h2-5,7,15H,6,16H2,1H3,(H,17,19)(H,18,20). The molecule has 1 unspecified atom stereocenters. The van der Waals surface area contributed by atoms with Gasteiger partial charge in [0.2, 0.25) is 11.8 Å². The highest BCUT2D eigenvalue weighted by Crippen LogP contribution is 2.30. The van der Waals surface area contributed by atoms with Crippen molar-refractivity contribution in [2.24, 2.45) is 5.73 Å². The Morgan fingerprint density at radius 1 is 1.10 bits per heavy atom. The average Bonchev–Trinajstić information content (AvgIpc) is 2.79. The number of nitrogens with two attached hydrogens (primary N) is 1. The highest BCUT2D eigenvalue weighted by molar-refractivity contribution is 6.13. The summed E-state index contributed by atoms with van der Waals surface area (Å²) in [4.78, 5) is 23.1. The lowest BCUT2D eigenvalue weighted by Gasteiger charge is -2.14. The van der Waals surface area contributed by atoms with E-state index >= 15 is 0 Å². The Balaban J connectivity index is 1.95. The predicted octanol–water partition coefficient (Wildman–Crippen LogP) is 1.92. The van der Waals surface area contributed by atoms with Crippen molar-refractivity contribution in [1.82, 2.24) is 0 Å². The van der Waals surface area contributed by atoms with Gasteiger partial charge >= 0.3 is 0 Å². The second kappa shape index (κ2) is 5.06. The van der Waals surface area contributed by atoms with E-state index in [1.165, 1.54) is 0 Å². The Kier molecular flexibility index (Phi) is 3.23. The van der Waals surface area contributed by atoms with Crippen molar-refractivity contribution in [3.05, 3.63) is 47.4 Å². The van der Waals surface area contributed by atoms with E-state index in [4.69, 9.17) is 10.2 Å². The molecule has 1 aliphatic rings. The molecule has 2 aromatic rings. The lowest BCUT2D eigenvalue weighted by atomic mass is 10.0. The third kappa shape index (κ3) is 2.66. The Labute approximate surface area is 121 Å². The van der Waals surface area contributed by atoms with E-state index < -0.39 is 0 Å². The van der Waals surface area contributed by atoms with Gasteiger partial charge in [0.25, 0.3) is 0 Å². The first-order chi connectivity index (χ1) is 10.0. The molecule has 0 spiro atoms. The van der Waals surface area contributed by atoms with Crippen LogP contribution in [-0.2, 0) is 9.59 Å². The van der Waals surface area contributed by atoms with Crippen LogP contribution >= 0.6 is 0 Å². The van der Waals surface area contributed by atoms with E-state index in [-0.39, 0.29) is 24.3 Å². The number of anilines is 2. The molecular weight excluding hydrogens is 270 g/mol. The number of benzene rings is 1. The number of fused-ring (bicyclic) bond motifs is 1. The summed E-state index contributed by atoms with van der Waals surface area (Å²) in [6, 6.07) is 6.84. The molecule has 6 nitrogen and oxygen atoms in total. The molecule has 1 aromatic carbocycles. The fourth-order valence-electron chi connectivity index (χ4n) is 2.32. The molecule has 21 heavy (non-hydrogen) atoms. The zero-order valence-electron chi connectivity index (χ0n) is 11.5. The Morgan fingerprint density at radius 3 is 2.48 bits per heavy atom. The van der Waals surface area contributed by atoms with Crippen LogP contribution in [0.5, 0.6) is 0 Å². The maximum absolute atomic E-state index is 11.6. The molecule has 0 aliphatic carbocycles. The lowest BCUT2D eigenvalue weighted by molar-refractivity contribution is -0.123. The van der Waals surface area contributed by atoms with Crippen molar-refractivity contribution >= 4 is 23.2 Å². The number of hydrogen-bond donors (Lipinski definition) is 3. The van der Waals surface area contributed by atoms with Gasteiger partial charge in [-0.15, -0.1) is 0 Å². The van der Waals surface area contributed by atoms with Gasteiger partial charge in [0.15, 0.2) is 0 Å². The third-order valence-electron chi connectivity index (χ3n) is 3.38. The third-order valence-corrected chi connectivity index (χ3v) is 3.38. The summed E-state index contributed by atoms with van der Waals surface area (Å²) in [5.74, 6) is 0.126. The quantitative estimate of drug-likeness (QED) is 0.734. The molecule has 2 heterocycles. The van der Waals surface area contributed by atoms with Crippen molar-refractivity contribution in [2.45, 2.75) is 19.4 Å². The van der Waals surface area contributed by atoms with Crippen LogP contribution in [0.25, 0.3) is 0 Å². The van der Waals surface area contributed by atoms with Crippen LogP contribution in [0.2, 0.25) is 0 Å². The van der Waals surface area contributed by atoms with Gasteiger partial charge < -0.3 is 20.8 Å². The topological polar surface area (TPSA) is 97.4 Å². The zero-order chi connectivity index (χ0) is 15.0. The molecule has 1 atom stereocenters. The number of carbonyl (C=O) groups excluding carboxylic acids is 2. The number of rotatable bonds is 2. The molecule has 0 saturated carbocycles. The van der Waals surface area contributed by atoms with Gasteiger partial charge in [-0.3, -0.25) is 9.59 Å². The lowest BCUT2D eigenvalue weighted by Crippen LogP contribution is -2.16. The van der Waals surface area contributed by atoms with E-state index in [1.54, 1.807) is 18.4 Å². The van der Waals surface area contributed by atoms with Crippen molar-refractivity contribution < 1.29 is 14.0 Å². The van der Waals surface area contributed by atoms with Gasteiger partial charge in [0, 0.05) is 5.56 Å². The van der Waals surface area contributed by atoms with Gasteiger partial charge in [0.05, 0.1) is 23.7 Å². The number of carbonyl (C=O) groups is 2. The fourth-order valence-corrected chi connectivity index (χ4v) is 2.32. The smallest absolute Gasteiger partial charge is 0.233 e. The summed E-state index contributed by atoms with van der Waals surface area (Å²) in [5.41, 5.74) is 9.02. The Hall–Kier alpha value is -2.60. The molecule has 0 bridgehead atoms. The van der Waals surface area contributed by atoms with E-state index in [0.29, 0.717) is 11.4 Å². The second-order valence-corrected chi connectivity index (χ2v) is 5.05. The average molecular weight is 285 g/mol. The van der Waals surface area contributed by atoms with Gasteiger partial charge in [-0.1, -0.05) is 6.07 Å². The molecule has 1 aliphatic heterocycles. The molecule has 6 heteroatoms. The molecule has 1 aromatic heterocycles. The summed E-state index contributed by atoms with van der Waals surface area (Å²) in [7, 11) is 0. The van der Waals surface area contributed by atoms with Crippen molar-refractivity contribution in [3.8, 4) is 0 Å². The summed E-state index contributed by atoms with van der Waals surface area (Å²) < 4.78 is 5.26. The van der Waals surface area contributed by atoms with Gasteiger partial charge in [0.1, 0.15) is 12.2 Å². The highest BCUT2D eigenvalue weighted by Gasteiger charge is 2.20. The summed E-state index contributed by atoms with van der Waals surface area (Å²) in [5, 5.41) is 5.38. The second-order valence-electron chi connectivity index (χ2n) is 5.05. The maximum Gasteiger partial charge on any atom is 0.233 e. The Bertz CT molecular complexity index is 721.